The highest BCUT2D eigenvalue weighted by atomic mass is 35.5. The van der Waals surface area contributed by atoms with Crippen molar-refractivity contribution in [1.82, 2.24) is 10.7 Å². The number of hydrogen-bond donors (Lipinski definition) is 4. The minimum absolute atomic E-state index is 0. The number of hydrogen-bond acceptors (Lipinski definition) is 7. The average Bonchev–Trinajstić information content (AvgIpc) is 2.39. The summed E-state index contributed by atoms with van der Waals surface area (Å²) in [6.07, 6.45) is 0.597. The van der Waals surface area contributed by atoms with Crippen LogP contribution in [0, 0.1) is 10.1 Å². The molecule has 128 valence electrons. The van der Waals surface area contributed by atoms with Gasteiger partial charge in [0, 0.05) is 6.54 Å². The van der Waals surface area contributed by atoms with E-state index in [0.717, 1.165) is 0 Å². The number of halogens is 1. The number of hydrazine groups is 1. The summed E-state index contributed by atoms with van der Waals surface area (Å²) in [4.78, 5) is 36.7. The van der Waals surface area contributed by atoms with Gasteiger partial charge in [-0.3, -0.25) is 4.79 Å². The fourth-order valence-corrected chi connectivity index (χ4v) is 1.32. The van der Waals surface area contributed by atoms with Gasteiger partial charge in [-0.25, -0.2) is 19.9 Å². The van der Waals surface area contributed by atoms with E-state index < -0.39 is 29.0 Å². The first-order valence-electron chi connectivity index (χ1n) is 6.12. The van der Waals surface area contributed by atoms with E-state index in [0.29, 0.717) is 6.42 Å². The summed E-state index contributed by atoms with van der Waals surface area (Å²) in [5.41, 5.74) is 12.3. The minimum Gasteiger partial charge on any atom is -0.467 e. The summed E-state index contributed by atoms with van der Waals surface area (Å²) >= 11 is 0. The molecule has 0 aromatic rings. The predicted octanol–water partition coefficient (Wildman–Crippen LogP) is -1.71. The fourth-order valence-electron chi connectivity index (χ4n) is 1.32. The van der Waals surface area contributed by atoms with Crippen molar-refractivity contribution in [2.75, 3.05) is 13.7 Å². The number of ether oxygens (including phenoxy) is 1. The molecule has 11 nitrogen and oxygen atoms in total. The maximum absolute atomic E-state index is 11.5. The highest BCUT2D eigenvalue weighted by Crippen LogP contribution is 2.01. The number of aliphatic imine (C=N–C) groups is 1. The van der Waals surface area contributed by atoms with Crippen LogP contribution in [0.4, 0.5) is 0 Å². The average molecular weight is 341 g/mol. The van der Waals surface area contributed by atoms with Gasteiger partial charge in [-0.15, -0.1) is 12.4 Å². The highest BCUT2D eigenvalue weighted by molar-refractivity contribution is 5.87. The van der Waals surface area contributed by atoms with Gasteiger partial charge in [0.2, 0.25) is 5.91 Å². The largest absolute Gasteiger partial charge is 0.467 e. The Morgan fingerprint density at radius 1 is 1.45 bits per heavy atom. The third kappa shape index (κ3) is 9.72. The summed E-state index contributed by atoms with van der Waals surface area (Å²) < 4.78 is 4.57. The third-order valence-electron chi connectivity index (χ3n) is 2.35. The Hall–Kier alpha value is -2.14. The lowest BCUT2D eigenvalue weighted by Gasteiger charge is -2.17. The quantitative estimate of drug-likeness (QED) is 0.101. The van der Waals surface area contributed by atoms with Crippen molar-refractivity contribution in [2.45, 2.75) is 31.8 Å². The smallest absolute Gasteiger partial charge is 0.328 e. The number of methoxy groups -OCH3 is 1. The molecule has 0 bridgehead atoms. The van der Waals surface area contributed by atoms with E-state index in [1.807, 2.05) is 0 Å². The molecule has 0 unspecified atom stereocenters. The number of carbonyl (C=O) groups is 2. The number of rotatable bonds is 8. The Morgan fingerprint density at radius 2 is 2.05 bits per heavy atom. The van der Waals surface area contributed by atoms with Gasteiger partial charge in [0.1, 0.15) is 6.04 Å². The van der Waals surface area contributed by atoms with E-state index in [-0.39, 0.29) is 31.3 Å². The zero-order valence-corrected chi connectivity index (χ0v) is 13.1. The van der Waals surface area contributed by atoms with Crippen molar-refractivity contribution in [2.24, 2.45) is 16.5 Å². The van der Waals surface area contributed by atoms with Crippen molar-refractivity contribution in [3.63, 3.8) is 0 Å². The molecule has 1 amide bonds. The number of amides is 1. The first-order chi connectivity index (χ1) is 9.77. The monoisotopic (exact) mass is 340 g/mol. The molecule has 0 radical (unpaired) electrons. The Kier molecular flexibility index (Phi) is 11.6. The van der Waals surface area contributed by atoms with Gasteiger partial charge in [0.15, 0.2) is 5.03 Å². The van der Waals surface area contributed by atoms with Crippen molar-refractivity contribution in [1.29, 1.82) is 0 Å². The molecule has 6 N–H and O–H groups in total. The fraction of sp³-hybridized carbons (Fsp3) is 0.700. The van der Waals surface area contributed by atoms with E-state index in [4.69, 9.17) is 11.5 Å². The van der Waals surface area contributed by atoms with Gasteiger partial charge < -0.3 is 21.5 Å². The third-order valence-corrected chi connectivity index (χ3v) is 2.35. The van der Waals surface area contributed by atoms with Crippen LogP contribution in [-0.2, 0) is 14.3 Å². The molecule has 0 rings (SSSR count). The number of nitro groups is 1. The Morgan fingerprint density at radius 3 is 2.50 bits per heavy atom. The minimum atomic E-state index is -0.853. The molecule has 22 heavy (non-hydrogen) atoms. The van der Waals surface area contributed by atoms with Crippen LogP contribution in [-0.4, -0.2) is 48.6 Å². The van der Waals surface area contributed by atoms with Crippen LogP contribution in [0.25, 0.3) is 0 Å². The second-order valence-corrected chi connectivity index (χ2v) is 4.15. The molecule has 0 aromatic carbocycles. The maximum atomic E-state index is 11.5. The van der Waals surface area contributed by atoms with Crippen LogP contribution in [0.5, 0.6) is 0 Å². The summed E-state index contributed by atoms with van der Waals surface area (Å²) in [6.45, 7) is 1.63. The van der Waals surface area contributed by atoms with Gasteiger partial charge in [-0.2, -0.15) is 0 Å². The molecule has 0 heterocycles. The predicted molar refractivity (Wildman–Crippen MR) is 80.7 cm³/mol. The van der Waals surface area contributed by atoms with Crippen molar-refractivity contribution < 1.29 is 19.4 Å². The van der Waals surface area contributed by atoms with E-state index in [1.54, 1.807) is 5.43 Å². The molecular weight excluding hydrogens is 320 g/mol. The van der Waals surface area contributed by atoms with Crippen LogP contribution >= 0.6 is 12.4 Å². The molecule has 0 aliphatic rings. The van der Waals surface area contributed by atoms with Gasteiger partial charge in [-0.1, -0.05) is 5.43 Å². The van der Waals surface area contributed by atoms with Gasteiger partial charge in [0.05, 0.1) is 13.2 Å². The lowest BCUT2D eigenvalue weighted by molar-refractivity contribution is -0.525. The summed E-state index contributed by atoms with van der Waals surface area (Å²) in [7, 11) is 1.20. The first kappa shape index (κ1) is 22.1. The van der Waals surface area contributed by atoms with E-state index in [9.17, 15) is 19.7 Å². The van der Waals surface area contributed by atoms with Crippen LogP contribution in [0.3, 0.4) is 0 Å². The standard InChI is InChI=1S/C10H20N6O5.ClH/c1-6(11)8(17)14-7(9(18)21-2)4-3-5-13-10(12)15-16(19)20;/h6-7H,3-5,11H2,1-2H3,(H,14,17)(H3,12,13,15);1H/t6-,7-;/m1./s1. The van der Waals surface area contributed by atoms with Crippen LogP contribution in [0.15, 0.2) is 4.99 Å². The number of carbonyl (C=O) groups excluding carboxylic acids is 2. The summed E-state index contributed by atoms with van der Waals surface area (Å²) in [5.74, 6) is -1.43. The van der Waals surface area contributed by atoms with Crippen molar-refractivity contribution >= 4 is 30.2 Å². The maximum Gasteiger partial charge on any atom is 0.328 e. The first-order valence-corrected chi connectivity index (χ1v) is 6.12. The zero-order valence-electron chi connectivity index (χ0n) is 12.3. The van der Waals surface area contributed by atoms with E-state index >= 15 is 0 Å². The Balaban J connectivity index is 0. The van der Waals surface area contributed by atoms with Gasteiger partial charge in [0.25, 0.3) is 5.96 Å². The van der Waals surface area contributed by atoms with Crippen molar-refractivity contribution in [3.8, 4) is 0 Å². The molecule has 0 aromatic heterocycles. The lowest BCUT2D eigenvalue weighted by atomic mass is 10.1. The molecule has 2 atom stereocenters. The van der Waals surface area contributed by atoms with E-state index in [1.165, 1.54) is 14.0 Å². The molecule has 0 saturated heterocycles. The number of nitrogens with one attached hydrogen (secondary N) is 2. The number of esters is 1. The molecule has 0 spiro atoms. The molecule has 0 aliphatic heterocycles. The SMILES string of the molecule is COC(=O)[C@@H](CCCN=C(N)N[N+](=O)[O-])NC(=O)[C@@H](C)N.Cl. The normalized spacial score (nSPS) is 13.3. The van der Waals surface area contributed by atoms with Gasteiger partial charge >= 0.3 is 5.97 Å². The number of guanidine groups is 1. The van der Waals surface area contributed by atoms with Gasteiger partial charge in [-0.05, 0) is 19.8 Å². The second-order valence-electron chi connectivity index (χ2n) is 4.15. The molecular formula is C10H21ClN6O5. The Bertz CT molecular complexity index is 417. The number of nitrogens with zero attached hydrogens (tertiary/aromatic N) is 2. The van der Waals surface area contributed by atoms with Crippen molar-refractivity contribution in [3.05, 3.63) is 10.1 Å². The highest BCUT2D eigenvalue weighted by Gasteiger charge is 2.22. The van der Waals surface area contributed by atoms with Crippen LogP contribution < -0.4 is 22.2 Å². The number of nitrogens with two attached hydrogens (primary N) is 2. The Labute approximate surface area is 133 Å². The lowest BCUT2D eigenvalue weighted by Crippen LogP contribution is -2.47. The second kappa shape index (κ2) is 11.5. The van der Waals surface area contributed by atoms with Crippen LogP contribution in [0.2, 0.25) is 0 Å². The van der Waals surface area contributed by atoms with E-state index in [2.05, 4.69) is 15.0 Å². The summed E-state index contributed by atoms with van der Waals surface area (Å²) in [6, 6.07) is -1.61. The summed E-state index contributed by atoms with van der Waals surface area (Å²) in [5, 5.41) is 11.7. The molecule has 12 heteroatoms. The van der Waals surface area contributed by atoms with Crippen LogP contribution in [0.1, 0.15) is 19.8 Å². The molecule has 0 saturated carbocycles. The topological polar surface area (TPSA) is 175 Å². The molecule has 0 aliphatic carbocycles. The zero-order chi connectivity index (χ0) is 16.4. The molecule has 0 fully saturated rings.